The molecular formula is C21H35NO. The molecule has 0 aromatic heterocycles. The normalized spacial score (nSPS) is 15.2. The fourth-order valence-electron chi connectivity index (χ4n) is 2.31. The number of nitrogens with zero attached hydrogens (tertiary/aromatic N) is 1. The smallest absolute Gasteiger partial charge is 0.0778 e. The predicted molar refractivity (Wildman–Crippen MR) is 102 cm³/mol. The molecule has 23 heavy (non-hydrogen) atoms. The third-order valence-corrected chi connectivity index (χ3v) is 4.26. The van der Waals surface area contributed by atoms with Crippen LogP contribution >= 0.6 is 0 Å². The zero-order valence-corrected chi connectivity index (χ0v) is 16.5. The lowest BCUT2D eigenvalue weighted by atomic mass is 9.79. The van der Waals surface area contributed by atoms with Gasteiger partial charge in [0.15, 0.2) is 0 Å². The Labute approximate surface area is 143 Å². The zero-order valence-electron chi connectivity index (χ0n) is 16.5. The summed E-state index contributed by atoms with van der Waals surface area (Å²) in [6.07, 6.45) is 1.93. The lowest BCUT2D eigenvalue weighted by Crippen LogP contribution is -2.28. The minimum atomic E-state index is -0.0844. The van der Waals surface area contributed by atoms with Gasteiger partial charge in [-0.2, -0.15) is 0 Å². The molecule has 0 heterocycles. The van der Waals surface area contributed by atoms with E-state index in [1.165, 1.54) is 11.1 Å². The second-order valence-electron chi connectivity index (χ2n) is 9.69. The van der Waals surface area contributed by atoms with Crippen molar-refractivity contribution in [2.75, 3.05) is 6.61 Å². The van der Waals surface area contributed by atoms with E-state index in [1.54, 1.807) is 0 Å². The Bertz CT molecular complexity index is 518. The Kier molecular flexibility index (Phi) is 5.85. The summed E-state index contributed by atoms with van der Waals surface area (Å²) in [5, 5.41) is 9.59. The van der Waals surface area contributed by atoms with Crippen LogP contribution in [0, 0.1) is 5.41 Å². The third kappa shape index (κ3) is 5.76. The van der Waals surface area contributed by atoms with Gasteiger partial charge in [-0.3, -0.25) is 4.99 Å². The highest BCUT2D eigenvalue weighted by Crippen LogP contribution is 2.30. The van der Waals surface area contributed by atoms with E-state index < -0.39 is 0 Å². The first kappa shape index (κ1) is 19.9. The van der Waals surface area contributed by atoms with E-state index in [-0.39, 0.29) is 28.9 Å². The van der Waals surface area contributed by atoms with Crippen molar-refractivity contribution in [2.45, 2.75) is 79.2 Å². The molecule has 0 fully saturated rings. The van der Waals surface area contributed by atoms with Crippen molar-refractivity contribution in [1.29, 1.82) is 0 Å². The third-order valence-electron chi connectivity index (χ3n) is 4.26. The first-order valence-corrected chi connectivity index (χ1v) is 8.55. The molecular weight excluding hydrogens is 282 g/mol. The average molecular weight is 318 g/mol. The summed E-state index contributed by atoms with van der Waals surface area (Å²) < 4.78 is 0. The van der Waals surface area contributed by atoms with Crippen molar-refractivity contribution in [3.63, 3.8) is 0 Å². The summed E-state index contributed by atoms with van der Waals surface area (Å²) in [6, 6.07) is 6.66. The first-order chi connectivity index (χ1) is 10.2. The van der Waals surface area contributed by atoms with Crippen LogP contribution < -0.4 is 0 Å². The average Bonchev–Trinajstić information content (AvgIpc) is 2.35. The molecule has 1 N–H and O–H groups in total. The van der Waals surface area contributed by atoms with Gasteiger partial charge in [0.05, 0.1) is 12.6 Å². The van der Waals surface area contributed by atoms with Crippen LogP contribution in [-0.2, 0) is 10.8 Å². The summed E-state index contributed by atoms with van der Waals surface area (Å²) in [7, 11) is 0. The lowest BCUT2D eigenvalue weighted by Gasteiger charge is -2.27. The molecule has 0 aliphatic heterocycles. The maximum atomic E-state index is 9.59. The lowest BCUT2D eigenvalue weighted by molar-refractivity contribution is 0.191. The van der Waals surface area contributed by atoms with Crippen LogP contribution in [-0.4, -0.2) is 24.0 Å². The van der Waals surface area contributed by atoms with E-state index in [0.717, 1.165) is 5.56 Å². The molecule has 0 aliphatic carbocycles. The van der Waals surface area contributed by atoms with E-state index >= 15 is 0 Å². The van der Waals surface area contributed by atoms with Gasteiger partial charge < -0.3 is 5.11 Å². The fourth-order valence-corrected chi connectivity index (χ4v) is 2.31. The summed E-state index contributed by atoms with van der Waals surface area (Å²) in [6.45, 7) is 19.8. The van der Waals surface area contributed by atoms with Crippen molar-refractivity contribution in [1.82, 2.24) is 0 Å². The van der Waals surface area contributed by atoms with Gasteiger partial charge in [-0.15, -0.1) is 0 Å². The molecule has 130 valence electrons. The van der Waals surface area contributed by atoms with E-state index in [1.807, 2.05) is 6.21 Å². The van der Waals surface area contributed by atoms with E-state index in [2.05, 4.69) is 85.5 Å². The van der Waals surface area contributed by atoms with Gasteiger partial charge >= 0.3 is 0 Å². The Morgan fingerprint density at radius 3 is 1.61 bits per heavy atom. The van der Waals surface area contributed by atoms with Crippen molar-refractivity contribution in [2.24, 2.45) is 10.4 Å². The number of aliphatic imine (C=N–C) groups is 1. The van der Waals surface area contributed by atoms with Gasteiger partial charge in [0.2, 0.25) is 0 Å². The predicted octanol–water partition coefficient (Wildman–Crippen LogP) is 5.11. The zero-order chi connectivity index (χ0) is 18.1. The van der Waals surface area contributed by atoms with Crippen LogP contribution in [0.25, 0.3) is 0 Å². The summed E-state index contributed by atoms with van der Waals surface area (Å²) in [4.78, 5) is 4.66. The SMILES string of the molecule is CC(C)(C)c1cc(/C=N/[C@H](CO)C(C)(C)C)cc(C(C)(C)C)c1. The number of rotatable bonds is 3. The molecule has 1 atom stereocenters. The minimum Gasteiger partial charge on any atom is -0.394 e. The molecule has 1 aromatic rings. The van der Waals surface area contributed by atoms with Gasteiger partial charge in [0, 0.05) is 6.21 Å². The Balaban J connectivity index is 3.31. The fraction of sp³-hybridized carbons (Fsp3) is 0.667. The largest absolute Gasteiger partial charge is 0.394 e. The number of benzene rings is 1. The molecule has 2 nitrogen and oxygen atoms in total. The quantitative estimate of drug-likeness (QED) is 0.772. The molecule has 0 bridgehead atoms. The molecule has 1 aromatic carbocycles. The van der Waals surface area contributed by atoms with Crippen LogP contribution in [0.5, 0.6) is 0 Å². The molecule has 0 saturated carbocycles. The van der Waals surface area contributed by atoms with Crippen LogP contribution in [0.2, 0.25) is 0 Å². The topological polar surface area (TPSA) is 32.6 Å². The van der Waals surface area contributed by atoms with Crippen molar-refractivity contribution in [3.05, 3.63) is 34.9 Å². The van der Waals surface area contributed by atoms with Crippen LogP contribution in [0.3, 0.4) is 0 Å². The van der Waals surface area contributed by atoms with Crippen molar-refractivity contribution < 1.29 is 5.11 Å². The van der Waals surface area contributed by atoms with Crippen molar-refractivity contribution >= 4 is 6.21 Å². The van der Waals surface area contributed by atoms with Gasteiger partial charge in [-0.05, 0) is 45.1 Å². The highest BCUT2D eigenvalue weighted by molar-refractivity contribution is 5.80. The highest BCUT2D eigenvalue weighted by Gasteiger charge is 2.23. The molecule has 0 amide bonds. The second-order valence-corrected chi connectivity index (χ2v) is 9.69. The molecule has 1 rings (SSSR count). The van der Waals surface area contributed by atoms with E-state index in [0.29, 0.717) is 0 Å². The highest BCUT2D eigenvalue weighted by atomic mass is 16.3. The minimum absolute atomic E-state index is 0.0419. The van der Waals surface area contributed by atoms with Crippen LogP contribution in [0.1, 0.15) is 79.0 Å². The molecule has 0 radical (unpaired) electrons. The molecule has 0 aliphatic rings. The summed E-state index contributed by atoms with van der Waals surface area (Å²) in [5.74, 6) is 0. The monoisotopic (exact) mass is 317 g/mol. The first-order valence-electron chi connectivity index (χ1n) is 8.55. The van der Waals surface area contributed by atoms with Crippen molar-refractivity contribution in [3.8, 4) is 0 Å². The van der Waals surface area contributed by atoms with E-state index in [9.17, 15) is 5.11 Å². The standard InChI is InChI=1S/C21H35NO/c1-19(2,3)16-10-15(11-17(12-16)20(4,5)6)13-22-18(14-23)21(7,8)9/h10-13,18,23H,14H2,1-9H3/b22-13+/t18-/m1/s1. The summed E-state index contributed by atoms with van der Waals surface area (Å²) >= 11 is 0. The van der Waals surface area contributed by atoms with Gasteiger partial charge in [-0.25, -0.2) is 0 Å². The van der Waals surface area contributed by atoms with Crippen LogP contribution in [0.4, 0.5) is 0 Å². The number of hydrogen-bond donors (Lipinski definition) is 1. The van der Waals surface area contributed by atoms with Crippen LogP contribution in [0.15, 0.2) is 23.2 Å². The maximum absolute atomic E-state index is 9.59. The Morgan fingerprint density at radius 2 is 1.30 bits per heavy atom. The molecule has 0 unspecified atom stereocenters. The van der Waals surface area contributed by atoms with Gasteiger partial charge in [0.1, 0.15) is 0 Å². The van der Waals surface area contributed by atoms with E-state index in [4.69, 9.17) is 0 Å². The Morgan fingerprint density at radius 1 is 0.870 bits per heavy atom. The maximum Gasteiger partial charge on any atom is 0.0778 e. The number of aliphatic hydroxyl groups is 1. The molecule has 0 spiro atoms. The van der Waals surface area contributed by atoms with Gasteiger partial charge in [0.25, 0.3) is 0 Å². The molecule has 0 saturated heterocycles. The number of hydrogen-bond acceptors (Lipinski definition) is 2. The molecule has 2 heteroatoms. The second kappa shape index (κ2) is 6.76. The summed E-state index contributed by atoms with van der Waals surface area (Å²) in [5.41, 5.74) is 3.92. The Hall–Kier alpha value is -1.15. The van der Waals surface area contributed by atoms with Gasteiger partial charge in [-0.1, -0.05) is 68.4 Å². The number of aliphatic hydroxyl groups excluding tert-OH is 1.